The monoisotopic (exact) mass is 236 g/mol. The first-order chi connectivity index (χ1) is 8.04. The zero-order valence-electron chi connectivity index (χ0n) is 9.80. The van der Waals surface area contributed by atoms with Gasteiger partial charge in [-0.1, -0.05) is 0 Å². The molecule has 0 saturated carbocycles. The van der Waals surface area contributed by atoms with Crippen molar-refractivity contribution in [3.05, 3.63) is 12.2 Å². The van der Waals surface area contributed by atoms with Gasteiger partial charge in [0, 0.05) is 31.8 Å². The minimum atomic E-state index is -0.649. The van der Waals surface area contributed by atoms with Crippen LogP contribution in [0.25, 0.3) is 0 Å². The van der Waals surface area contributed by atoms with Crippen LogP contribution in [0, 0.1) is 11.3 Å². The van der Waals surface area contributed by atoms with Gasteiger partial charge in [0.1, 0.15) is 0 Å². The Bertz CT molecular complexity index is 372. The topological polar surface area (TPSA) is 90.4 Å². The predicted octanol–water partition coefficient (Wildman–Crippen LogP) is -0.916. The third-order valence-corrected chi connectivity index (χ3v) is 2.69. The Kier molecular flexibility index (Phi) is 4.67. The number of amides is 2. The van der Waals surface area contributed by atoms with Crippen molar-refractivity contribution in [2.75, 3.05) is 26.7 Å². The van der Waals surface area contributed by atoms with Crippen molar-refractivity contribution in [2.45, 2.75) is 12.5 Å². The van der Waals surface area contributed by atoms with E-state index in [0.29, 0.717) is 19.5 Å². The van der Waals surface area contributed by atoms with E-state index in [2.05, 4.69) is 11.0 Å². The molecular formula is C11H16N4O2. The smallest absolute Gasteiger partial charge is 0.247 e. The highest BCUT2D eigenvalue weighted by Crippen LogP contribution is 2.12. The van der Waals surface area contributed by atoms with Gasteiger partial charge in [0.05, 0.1) is 18.5 Å². The number of carbonyl (C=O) groups is 2. The van der Waals surface area contributed by atoms with Crippen LogP contribution in [-0.2, 0) is 9.59 Å². The molecule has 0 aromatic heterocycles. The molecule has 0 radical (unpaired) electrons. The molecule has 1 aliphatic rings. The fraction of sp³-hybridized carbons (Fsp3) is 0.545. The number of hydrogen-bond acceptors (Lipinski definition) is 4. The van der Waals surface area contributed by atoms with E-state index >= 15 is 0 Å². The first-order valence-corrected chi connectivity index (χ1v) is 5.38. The zero-order valence-corrected chi connectivity index (χ0v) is 9.80. The number of nitrogens with two attached hydrogens (primary N) is 1. The number of likely N-dealkylation sites (N-methyl/N-ethyl adjacent to an activating group) is 1. The van der Waals surface area contributed by atoms with Crippen LogP contribution in [0.4, 0.5) is 0 Å². The molecule has 17 heavy (non-hydrogen) atoms. The van der Waals surface area contributed by atoms with E-state index in [1.165, 1.54) is 0 Å². The maximum Gasteiger partial charge on any atom is 0.247 e. The fourth-order valence-electron chi connectivity index (χ4n) is 1.83. The van der Waals surface area contributed by atoms with Crippen molar-refractivity contribution in [3.63, 3.8) is 0 Å². The molecule has 92 valence electrons. The molecule has 6 nitrogen and oxygen atoms in total. The van der Waals surface area contributed by atoms with E-state index in [9.17, 15) is 9.59 Å². The lowest BCUT2D eigenvalue weighted by atomic mass is 10.1. The number of carbonyl (C=O) groups excluding carboxylic acids is 2. The van der Waals surface area contributed by atoms with Crippen molar-refractivity contribution in [1.82, 2.24) is 9.80 Å². The van der Waals surface area contributed by atoms with Crippen molar-refractivity contribution in [2.24, 2.45) is 5.73 Å². The van der Waals surface area contributed by atoms with Crippen LogP contribution in [0.5, 0.6) is 0 Å². The summed E-state index contributed by atoms with van der Waals surface area (Å²) in [5.41, 5.74) is 4.93. The average molecular weight is 236 g/mol. The van der Waals surface area contributed by atoms with Crippen LogP contribution in [0.3, 0.4) is 0 Å². The SMILES string of the molecule is CN1CCN(C(=O)/C=C/C(N)=O)[C@@H](CC#N)C1. The number of nitrogens with zero attached hydrogens (tertiary/aromatic N) is 3. The maximum absolute atomic E-state index is 11.8. The summed E-state index contributed by atoms with van der Waals surface area (Å²) in [6.07, 6.45) is 2.50. The van der Waals surface area contributed by atoms with Crippen molar-refractivity contribution >= 4 is 11.8 Å². The lowest BCUT2D eigenvalue weighted by Gasteiger charge is -2.38. The third-order valence-electron chi connectivity index (χ3n) is 2.69. The summed E-state index contributed by atoms with van der Waals surface area (Å²) in [4.78, 5) is 26.0. The van der Waals surface area contributed by atoms with Gasteiger partial charge < -0.3 is 15.5 Å². The van der Waals surface area contributed by atoms with Gasteiger partial charge >= 0.3 is 0 Å². The standard InChI is InChI=1S/C11H16N4O2/c1-14-6-7-15(9(8-14)4-5-12)11(17)3-2-10(13)16/h2-3,9H,4,6-8H2,1H3,(H2,13,16)/b3-2+/t9-/m0/s1. The van der Waals surface area contributed by atoms with Gasteiger partial charge in [0.15, 0.2) is 0 Å². The van der Waals surface area contributed by atoms with Crippen molar-refractivity contribution in [3.8, 4) is 6.07 Å². The summed E-state index contributed by atoms with van der Waals surface area (Å²) in [5, 5.41) is 8.72. The lowest BCUT2D eigenvalue weighted by molar-refractivity contribution is -0.130. The first kappa shape index (κ1) is 13.2. The van der Waals surface area contributed by atoms with Crippen LogP contribution in [0.15, 0.2) is 12.2 Å². The van der Waals surface area contributed by atoms with Crippen LogP contribution >= 0.6 is 0 Å². The molecule has 1 fully saturated rings. The van der Waals surface area contributed by atoms with E-state index in [4.69, 9.17) is 11.0 Å². The van der Waals surface area contributed by atoms with Gasteiger partial charge in [0.2, 0.25) is 11.8 Å². The Morgan fingerprint density at radius 3 is 2.76 bits per heavy atom. The Morgan fingerprint density at radius 2 is 2.18 bits per heavy atom. The number of primary amides is 1. The summed E-state index contributed by atoms with van der Waals surface area (Å²) in [5.74, 6) is -0.915. The Morgan fingerprint density at radius 1 is 1.47 bits per heavy atom. The second kappa shape index (κ2) is 6.01. The third kappa shape index (κ3) is 3.89. The van der Waals surface area contributed by atoms with Gasteiger partial charge in [-0.2, -0.15) is 5.26 Å². The molecule has 1 saturated heterocycles. The molecule has 0 aromatic rings. The molecule has 1 aliphatic heterocycles. The van der Waals surface area contributed by atoms with Crippen LogP contribution in [0.1, 0.15) is 6.42 Å². The van der Waals surface area contributed by atoms with Gasteiger partial charge in [-0.15, -0.1) is 0 Å². The second-order valence-corrected chi connectivity index (χ2v) is 4.05. The van der Waals surface area contributed by atoms with Crippen LogP contribution in [-0.4, -0.2) is 54.3 Å². The van der Waals surface area contributed by atoms with Gasteiger partial charge in [-0.3, -0.25) is 9.59 Å². The minimum Gasteiger partial charge on any atom is -0.366 e. The summed E-state index contributed by atoms with van der Waals surface area (Å²) in [7, 11) is 1.95. The molecule has 0 bridgehead atoms. The molecule has 6 heteroatoms. The van der Waals surface area contributed by atoms with Gasteiger partial charge in [-0.05, 0) is 7.05 Å². The number of piperazine rings is 1. The van der Waals surface area contributed by atoms with Crippen molar-refractivity contribution < 1.29 is 9.59 Å². The summed E-state index contributed by atoms with van der Waals surface area (Å²) < 4.78 is 0. The number of hydrogen-bond donors (Lipinski definition) is 1. The quantitative estimate of drug-likeness (QED) is 0.642. The van der Waals surface area contributed by atoms with Crippen molar-refractivity contribution in [1.29, 1.82) is 5.26 Å². The number of nitriles is 1. The van der Waals surface area contributed by atoms with Gasteiger partial charge in [0.25, 0.3) is 0 Å². The Balaban J connectivity index is 2.69. The number of rotatable bonds is 3. The van der Waals surface area contributed by atoms with Gasteiger partial charge in [-0.25, -0.2) is 0 Å². The molecule has 2 amide bonds. The first-order valence-electron chi connectivity index (χ1n) is 5.38. The lowest BCUT2D eigenvalue weighted by Crippen LogP contribution is -2.53. The summed E-state index contributed by atoms with van der Waals surface area (Å²) in [6.45, 7) is 1.99. The molecule has 1 atom stereocenters. The highest BCUT2D eigenvalue weighted by molar-refractivity contribution is 5.96. The highest BCUT2D eigenvalue weighted by atomic mass is 16.2. The molecule has 2 N–H and O–H groups in total. The fourth-order valence-corrected chi connectivity index (χ4v) is 1.83. The minimum absolute atomic E-state index is 0.122. The molecule has 1 heterocycles. The van der Waals surface area contributed by atoms with Crippen LogP contribution in [0.2, 0.25) is 0 Å². The van der Waals surface area contributed by atoms with E-state index in [1.807, 2.05) is 7.05 Å². The van der Waals surface area contributed by atoms with Crippen LogP contribution < -0.4 is 5.73 Å². The summed E-state index contributed by atoms with van der Waals surface area (Å²) in [6, 6.07) is 1.95. The van der Waals surface area contributed by atoms with E-state index < -0.39 is 5.91 Å². The Hall–Kier alpha value is -1.87. The molecule has 0 spiro atoms. The molecular weight excluding hydrogens is 220 g/mol. The average Bonchev–Trinajstić information content (AvgIpc) is 2.26. The molecule has 1 rings (SSSR count). The molecule has 0 aliphatic carbocycles. The van der Waals surface area contributed by atoms with E-state index in [0.717, 1.165) is 18.7 Å². The second-order valence-electron chi connectivity index (χ2n) is 4.05. The zero-order chi connectivity index (χ0) is 12.8. The molecule has 0 aromatic carbocycles. The Labute approximate surface area is 100 Å². The largest absolute Gasteiger partial charge is 0.366 e. The normalized spacial score (nSPS) is 21.4. The predicted molar refractivity (Wildman–Crippen MR) is 61.6 cm³/mol. The van der Waals surface area contributed by atoms with E-state index in [1.54, 1.807) is 4.90 Å². The maximum atomic E-state index is 11.8. The van der Waals surface area contributed by atoms with E-state index in [-0.39, 0.29) is 11.9 Å². The molecule has 0 unspecified atom stereocenters. The summed E-state index contributed by atoms with van der Waals surface area (Å²) >= 11 is 0. The highest BCUT2D eigenvalue weighted by Gasteiger charge is 2.27.